The normalized spacial score (nSPS) is 20.1. The topological polar surface area (TPSA) is 174 Å². The Bertz CT molecular complexity index is 2760. The van der Waals surface area contributed by atoms with Gasteiger partial charge in [-0.1, -0.05) is 54.5 Å². The molecule has 4 aromatic rings. The van der Waals surface area contributed by atoms with E-state index in [-0.39, 0.29) is 26.5 Å². The number of amides is 1. The number of sulfone groups is 1. The number of nitrogens with zero attached hydrogens (tertiary/aromatic N) is 4. The first-order valence-electron chi connectivity index (χ1n) is 25.6. The van der Waals surface area contributed by atoms with E-state index in [2.05, 4.69) is 135 Å². The highest BCUT2D eigenvalue weighted by atomic mass is 79.9. The Morgan fingerprint density at radius 3 is 2.06 bits per heavy atom. The van der Waals surface area contributed by atoms with E-state index in [9.17, 15) is 26.7 Å². The molecule has 0 saturated heterocycles. The number of carbonyl (C=O) groups is 1. The monoisotopic (exact) mass is 1240 g/mol. The number of carbonyl (C=O) groups excluding carboxylic acids is 1. The van der Waals surface area contributed by atoms with Crippen molar-refractivity contribution in [3.05, 3.63) is 65.7 Å². The summed E-state index contributed by atoms with van der Waals surface area (Å²) in [5, 5.41) is 12.3. The largest absolute Gasteiger partial charge is 0.552 e. The quantitative estimate of drug-likeness (QED) is 0.123. The molecule has 2 fully saturated rings. The Labute approximate surface area is 457 Å². The number of aryl methyl sites for hydroxylation is 1. The highest BCUT2D eigenvalue weighted by Crippen LogP contribution is 2.48. The zero-order valence-corrected chi connectivity index (χ0v) is 52.0. The van der Waals surface area contributed by atoms with Crippen molar-refractivity contribution in [2.75, 3.05) is 24.3 Å². The zero-order chi connectivity index (χ0) is 53.7. The summed E-state index contributed by atoms with van der Waals surface area (Å²) >= 11 is 9.31. The van der Waals surface area contributed by atoms with E-state index in [4.69, 9.17) is 14.4 Å². The molecule has 0 atom stereocenters. The number of fused-ring (bicyclic) bond motifs is 4. The van der Waals surface area contributed by atoms with Crippen LogP contribution in [0.5, 0.6) is 5.75 Å². The molecule has 0 radical (unpaired) electrons. The van der Waals surface area contributed by atoms with Crippen LogP contribution in [0, 0.1) is 30.6 Å². The predicted octanol–water partition coefficient (Wildman–Crippen LogP) is 13.5. The molecule has 0 aromatic carbocycles. The molecule has 2 N–H and O–H groups in total. The second kappa shape index (κ2) is 25.2. The molecule has 398 valence electrons. The van der Waals surface area contributed by atoms with Crippen LogP contribution < -0.4 is 4.65 Å². The molecule has 13 nitrogen and oxygen atoms in total. The number of ether oxygens (including phenoxy) is 1. The molecule has 0 bridgehead atoms. The Hall–Kier alpha value is -2.42. The molecule has 2 saturated carbocycles. The predicted molar refractivity (Wildman–Crippen MR) is 313 cm³/mol. The average Bonchev–Trinajstić information content (AvgIpc) is 3.95. The number of hydrogen-bond donors (Lipinski definition) is 2. The molecular weight excluding hydrogens is 1160 g/mol. The van der Waals surface area contributed by atoms with Crippen molar-refractivity contribution in [3.8, 4) is 5.75 Å². The number of aromatic amines is 1. The second-order valence-electron chi connectivity index (χ2n) is 21.8. The highest BCUT2D eigenvalue weighted by molar-refractivity contribution is 9.69. The molecule has 72 heavy (non-hydrogen) atoms. The number of pyridine rings is 2. The number of rotatable bonds is 13. The summed E-state index contributed by atoms with van der Waals surface area (Å²) in [5.74, 6) is 3.79. The van der Waals surface area contributed by atoms with Crippen molar-refractivity contribution in [2.24, 2.45) is 23.7 Å². The molecule has 1 amide bonds. The van der Waals surface area contributed by atoms with Crippen LogP contribution in [-0.2, 0) is 24.6 Å². The molecule has 4 aromatic heterocycles. The van der Waals surface area contributed by atoms with Crippen LogP contribution in [0.2, 0.25) is 16.6 Å². The number of sulfonamides is 1. The first-order valence-corrected chi connectivity index (χ1v) is 33.9. The summed E-state index contributed by atoms with van der Waals surface area (Å²) in [6.45, 7) is 25.5. The van der Waals surface area contributed by atoms with E-state index >= 15 is 0 Å². The lowest BCUT2D eigenvalue weighted by Crippen LogP contribution is -2.51. The molecule has 7 rings (SSSR count). The number of allylic oxidation sites excluding steroid dienone is 3. The molecule has 0 unspecified atom stereocenters. The van der Waals surface area contributed by atoms with Crippen molar-refractivity contribution in [3.63, 3.8) is 0 Å². The SMILES string of the molecule is BrB(Br)Br.CC=C(c1c(C)cnc2c1ccn2[Si](C(C)C)(C(C)C)C(C)C)C1CCC(CS(=O)(=O)N(C)C(=O)OC(C)(C)C)CC1.CCS(=O)(=O)CC1CCC(C2=CB(O)Oc3cnc4[nH]ccc4c32)CC1. The average molecular weight is 1240 g/mol. The van der Waals surface area contributed by atoms with Crippen LogP contribution in [0.1, 0.15) is 144 Å². The lowest BCUT2D eigenvalue weighted by Gasteiger charge is -2.44. The van der Waals surface area contributed by atoms with Crippen molar-refractivity contribution < 1.29 is 36.0 Å². The van der Waals surface area contributed by atoms with Crippen molar-refractivity contribution in [1.82, 2.24) is 23.5 Å². The maximum Gasteiger partial charge on any atom is 0.552 e. The van der Waals surface area contributed by atoms with E-state index in [0.29, 0.717) is 40.0 Å². The number of hydrogen-bond acceptors (Lipinski definition) is 10. The van der Waals surface area contributed by atoms with Crippen molar-refractivity contribution >= 4 is 125 Å². The van der Waals surface area contributed by atoms with E-state index in [1.54, 1.807) is 39.9 Å². The first-order chi connectivity index (χ1) is 33.6. The Balaban J connectivity index is 0.000000271. The number of H-pyrrole nitrogens is 1. The van der Waals surface area contributed by atoms with E-state index in [1.807, 2.05) is 18.5 Å². The third-order valence-corrected chi connectivity index (χ3v) is 25.6. The van der Waals surface area contributed by atoms with Crippen LogP contribution in [0.15, 0.2) is 49.0 Å². The smallest absolute Gasteiger partial charge is 0.531 e. The minimum Gasteiger partial charge on any atom is -0.531 e. The summed E-state index contributed by atoms with van der Waals surface area (Å²) in [6.07, 6.45) is 16.4. The van der Waals surface area contributed by atoms with Crippen molar-refractivity contribution in [2.45, 2.75) is 157 Å². The van der Waals surface area contributed by atoms with Gasteiger partial charge in [-0.05, 0) is 173 Å². The summed E-state index contributed by atoms with van der Waals surface area (Å²) in [7, 11) is -8.31. The number of aromatic nitrogens is 4. The van der Waals surface area contributed by atoms with Crippen LogP contribution in [-0.4, -0.2) is 99.9 Å². The van der Waals surface area contributed by atoms with Gasteiger partial charge in [-0.2, -0.15) is 0 Å². The lowest BCUT2D eigenvalue weighted by atomic mass is 9.71. The van der Waals surface area contributed by atoms with Gasteiger partial charge in [-0.3, -0.25) is 0 Å². The van der Waals surface area contributed by atoms with Gasteiger partial charge in [0.25, 0.3) is 0 Å². The molecule has 21 heteroatoms. The van der Waals surface area contributed by atoms with Crippen LogP contribution in [0.3, 0.4) is 0 Å². The molecule has 0 spiro atoms. The Morgan fingerprint density at radius 2 is 1.51 bits per heavy atom. The van der Waals surface area contributed by atoms with Gasteiger partial charge in [0, 0.05) is 41.5 Å². The Kier molecular flexibility index (Phi) is 21.1. The standard InChI is InChI=1S/C33H55N3O4SSi.C18H23BN2O4S.BBr3/c1-13-28(27-16-14-26(15-17-27)21-41(38,39)35(12)32(37)40-33(9,10)11)30-25(8)20-34-31-29(30)18-19-36(31)42(22(2)3,23(4)5)24(6)7;1-2-26(23,24)11-12-3-5-13(6-4-12)15-9-19(22)25-16-10-21-18-14(17(15)16)7-8-20-18;2-1(3)4/h13,18-20,22-24,26-27H,14-17,21H2,1-12H3;7-10,12-13,22H,2-6,11H2,1H3,(H,20,21);. The highest BCUT2D eigenvalue weighted by Gasteiger charge is 2.46. The van der Waals surface area contributed by atoms with E-state index in [0.717, 1.165) is 83.5 Å². The maximum absolute atomic E-state index is 13.0. The summed E-state index contributed by atoms with van der Waals surface area (Å²) < 4.78 is 64.4. The van der Waals surface area contributed by atoms with Crippen LogP contribution >= 0.6 is 47.3 Å². The second-order valence-corrected chi connectivity index (χ2v) is 38.4. The fourth-order valence-corrected chi connectivity index (χ4v) is 21.3. The minimum atomic E-state index is -3.76. The maximum atomic E-state index is 13.0. The summed E-state index contributed by atoms with van der Waals surface area (Å²) in [6, 6.07) is 4.27. The van der Waals surface area contributed by atoms with Crippen LogP contribution in [0.25, 0.3) is 33.2 Å². The van der Waals surface area contributed by atoms with Gasteiger partial charge < -0.3 is 23.6 Å². The molecule has 5 heterocycles. The molecule has 3 aliphatic rings. The van der Waals surface area contributed by atoms with E-state index < -0.39 is 46.9 Å². The van der Waals surface area contributed by atoms with Crippen LogP contribution in [0.4, 0.5) is 4.79 Å². The zero-order valence-electron chi connectivity index (χ0n) is 44.6. The van der Waals surface area contributed by atoms with Gasteiger partial charge in [-0.15, -0.1) is 47.3 Å². The Morgan fingerprint density at radius 1 is 0.944 bits per heavy atom. The van der Waals surface area contributed by atoms with Crippen molar-refractivity contribution in [1.29, 1.82) is 0 Å². The van der Waals surface area contributed by atoms with Gasteiger partial charge in [0.05, 0.1) is 17.7 Å². The van der Waals surface area contributed by atoms with Gasteiger partial charge in [0.2, 0.25) is 10.0 Å². The molecular formula is C51H78B2Br3N5O8S2Si. The minimum absolute atomic E-state index is 0.0172. The summed E-state index contributed by atoms with van der Waals surface area (Å²) in [5.41, 5.74) is 8.79. The number of nitrogens with one attached hydrogen (secondary N) is 1. The van der Waals surface area contributed by atoms with Gasteiger partial charge in [-0.25, -0.2) is 35.9 Å². The molecule has 1 aliphatic heterocycles. The fourth-order valence-electron chi connectivity index (χ4n) is 12.0. The third kappa shape index (κ3) is 14.3. The van der Waals surface area contributed by atoms with Gasteiger partial charge in [0.1, 0.15) is 32.5 Å². The molecule has 2 aliphatic carbocycles. The number of halogens is 3. The summed E-state index contributed by atoms with van der Waals surface area (Å²) in [4.78, 5) is 24.9. The van der Waals surface area contributed by atoms with Gasteiger partial charge >= 0.3 is 16.4 Å². The lowest BCUT2D eigenvalue weighted by molar-refractivity contribution is 0.0419. The van der Waals surface area contributed by atoms with Gasteiger partial charge in [0.15, 0.2) is 8.24 Å². The third-order valence-electron chi connectivity index (χ3n) is 15.1. The fraction of sp³-hybridized carbons (Fsp3) is 0.627. The first kappa shape index (κ1) is 60.4. The van der Waals surface area contributed by atoms with E-state index in [1.165, 1.54) is 29.1 Å².